The molecule has 1 heterocycles. The number of halogens is 2. The highest BCUT2D eigenvalue weighted by Gasteiger charge is 2.33. The monoisotopic (exact) mass is 410 g/mol. The number of aromatic hydroxyl groups is 1. The minimum absolute atomic E-state index is 0.0719. The van der Waals surface area contributed by atoms with Crippen LogP contribution in [-0.4, -0.2) is 30.2 Å². The molecule has 0 saturated carbocycles. The predicted octanol–water partition coefficient (Wildman–Crippen LogP) is 5.56. The summed E-state index contributed by atoms with van der Waals surface area (Å²) in [6, 6.07) is 11.4. The summed E-state index contributed by atoms with van der Waals surface area (Å²) < 4.78 is 17.1. The Kier molecular flexibility index (Phi) is 5.64. The van der Waals surface area contributed by atoms with Crippen molar-refractivity contribution in [3.63, 3.8) is 0 Å². The fourth-order valence-corrected chi connectivity index (χ4v) is 3.58. The molecule has 1 unspecified atom stereocenters. The SMILES string of the molecule is CC1(C)OCC(COc2ccc(C(C)(C)c3cc(Cl)c(O)c(Cl)c3)cc2)O1. The molecule has 146 valence electrons. The molecule has 1 aliphatic heterocycles. The van der Waals surface area contributed by atoms with Crippen LogP contribution in [0.4, 0.5) is 0 Å². The Hall–Kier alpha value is -1.46. The molecule has 1 N–H and O–H groups in total. The molecule has 3 rings (SSSR count). The smallest absolute Gasteiger partial charge is 0.163 e. The van der Waals surface area contributed by atoms with Crippen LogP contribution in [0, 0.1) is 0 Å². The average molecular weight is 411 g/mol. The second kappa shape index (κ2) is 7.51. The highest BCUT2D eigenvalue weighted by atomic mass is 35.5. The summed E-state index contributed by atoms with van der Waals surface area (Å²) in [6.45, 7) is 8.91. The summed E-state index contributed by atoms with van der Waals surface area (Å²) in [7, 11) is 0. The fourth-order valence-electron chi connectivity index (χ4n) is 3.10. The van der Waals surface area contributed by atoms with Crippen molar-refractivity contribution in [2.75, 3.05) is 13.2 Å². The van der Waals surface area contributed by atoms with Crippen LogP contribution in [0.25, 0.3) is 0 Å². The number of ether oxygens (including phenoxy) is 3. The van der Waals surface area contributed by atoms with E-state index in [1.165, 1.54) is 0 Å². The molecule has 1 fully saturated rings. The van der Waals surface area contributed by atoms with Crippen LogP contribution in [0.5, 0.6) is 11.5 Å². The van der Waals surface area contributed by atoms with E-state index in [1.54, 1.807) is 12.1 Å². The van der Waals surface area contributed by atoms with Crippen molar-refractivity contribution in [3.05, 3.63) is 57.6 Å². The first kappa shape index (κ1) is 20.3. The van der Waals surface area contributed by atoms with E-state index in [2.05, 4.69) is 13.8 Å². The van der Waals surface area contributed by atoms with Crippen molar-refractivity contribution in [1.82, 2.24) is 0 Å². The number of phenolic OH excluding ortho intramolecular Hbond substituents is 1. The Morgan fingerprint density at radius 3 is 2.22 bits per heavy atom. The molecule has 0 aromatic heterocycles. The zero-order valence-electron chi connectivity index (χ0n) is 15.9. The maximum absolute atomic E-state index is 9.79. The standard InChI is InChI=1S/C21H24Cl2O4/c1-20(2,14-9-17(22)19(24)18(23)10-14)13-5-7-15(8-6-13)25-11-16-12-26-21(3,4)27-16/h5-10,16,24H,11-12H2,1-4H3. The molecule has 27 heavy (non-hydrogen) atoms. The molecule has 1 atom stereocenters. The van der Waals surface area contributed by atoms with Gasteiger partial charge in [-0.25, -0.2) is 0 Å². The van der Waals surface area contributed by atoms with Gasteiger partial charge in [0.1, 0.15) is 18.5 Å². The largest absolute Gasteiger partial charge is 0.505 e. The molecular formula is C21H24Cl2O4. The third kappa shape index (κ3) is 4.52. The molecular weight excluding hydrogens is 387 g/mol. The predicted molar refractivity (Wildman–Crippen MR) is 107 cm³/mol. The highest BCUT2D eigenvalue weighted by molar-refractivity contribution is 6.37. The van der Waals surface area contributed by atoms with Crippen molar-refractivity contribution in [2.24, 2.45) is 0 Å². The Bertz CT molecular complexity index is 792. The first-order valence-electron chi connectivity index (χ1n) is 8.82. The van der Waals surface area contributed by atoms with Crippen LogP contribution in [0.2, 0.25) is 10.0 Å². The zero-order valence-corrected chi connectivity index (χ0v) is 17.4. The number of hydrogen-bond acceptors (Lipinski definition) is 4. The van der Waals surface area contributed by atoms with Crippen molar-refractivity contribution < 1.29 is 19.3 Å². The van der Waals surface area contributed by atoms with Crippen molar-refractivity contribution in [2.45, 2.75) is 45.0 Å². The van der Waals surface area contributed by atoms with E-state index in [9.17, 15) is 5.11 Å². The molecule has 0 aliphatic carbocycles. The van der Waals surface area contributed by atoms with Crippen LogP contribution in [0.3, 0.4) is 0 Å². The molecule has 6 heteroatoms. The number of hydrogen-bond donors (Lipinski definition) is 1. The number of phenols is 1. The van der Waals surface area contributed by atoms with Crippen LogP contribution in [0.1, 0.15) is 38.8 Å². The van der Waals surface area contributed by atoms with Crippen molar-refractivity contribution in [1.29, 1.82) is 0 Å². The quantitative estimate of drug-likeness (QED) is 0.700. The van der Waals surface area contributed by atoms with Crippen LogP contribution >= 0.6 is 23.2 Å². The maximum atomic E-state index is 9.79. The molecule has 4 nitrogen and oxygen atoms in total. The Morgan fingerprint density at radius 1 is 1.11 bits per heavy atom. The van der Waals surface area contributed by atoms with Gasteiger partial charge < -0.3 is 19.3 Å². The number of rotatable bonds is 5. The van der Waals surface area contributed by atoms with Crippen LogP contribution in [0.15, 0.2) is 36.4 Å². The lowest BCUT2D eigenvalue weighted by atomic mass is 9.78. The summed E-state index contributed by atoms with van der Waals surface area (Å²) in [5.41, 5.74) is 1.66. The topological polar surface area (TPSA) is 47.9 Å². The van der Waals surface area contributed by atoms with Gasteiger partial charge in [-0.3, -0.25) is 0 Å². The van der Waals surface area contributed by atoms with E-state index in [4.69, 9.17) is 37.4 Å². The van der Waals surface area contributed by atoms with E-state index in [0.717, 1.165) is 16.9 Å². The third-order valence-electron chi connectivity index (χ3n) is 4.82. The second-order valence-corrected chi connectivity index (χ2v) is 8.51. The van der Waals surface area contributed by atoms with Gasteiger partial charge in [0.05, 0.1) is 16.7 Å². The first-order valence-corrected chi connectivity index (χ1v) is 9.58. The Labute approximate surface area is 170 Å². The van der Waals surface area contributed by atoms with Crippen LogP contribution < -0.4 is 4.74 Å². The highest BCUT2D eigenvalue weighted by Crippen LogP contribution is 2.40. The summed E-state index contributed by atoms with van der Waals surface area (Å²) >= 11 is 12.2. The van der Waals surface area contributed by atoms with Gasteiger partial charge in [-0.05, 0) is 49.2 Å². The van der Waals surface area contributed by atoms with Gasteiger partial charge in [-0.15, -0.1) is 0 Å². The first-order chi connectivity index (χ1) is 12.6. The van der Waals surface area contributed by atoms with Crippen molar-refractivity contribution in [3.8, 4) is 11.5 Å². The second-order valence-electron chi connectivity index (χ2n) is 7.70. The Balaban J connectivity index is 1.71. The van der Waals surface area contributed by atoms with Gasteiger partial charge in [0.2, 0.25) is 0 Å². The summed E-state index contributed by atoms with van der Waals surface area (Å²) in [6.07, 6.45) is -0.0719. The lowest BCUT2D eigenvalue weighted by Gasteiger charge is -2.27. The molecule has 1 aliphatic rings. The van der Waals surface area contributed by atoms with Gasteiger partial charge in [-0.2, -0.15) is 0 Å². The summed E-state index contributed by atoms with van der Waals surface area (Å²) in [4.78, 5) is 0. The zero-order chi connectivity index (χ0) is 19.8. The van der Waals surface area contributed by atoms with E-state index >= 15 is 0 Å². The van der Waals surface area contributed by atoms with E-state index in [1.807, 2.05) is 38.1 Å². The minimum Gasteiger partial charge on any atom is -0.505 e. The van der Waals surface area contributed by atoms with Crippen LogP contribution in [-0.2, 0) is 14.9 Å². The van der Waals surface area contributed by atoms with E-state index < -0.39 is 5.79 Å². The lowest BCUT2D eigenvalue weighted by molar-refractivity contribution is -0.141. The Morgan fingerprint density at radius 2 is 1.70 bits per heavy atom. The number of benzene rings is 2. The molecule has 0 spiro atoms. The van der Waals surface area contributed by atoms with Gasteiger partial charge in [0.25, 0.3) is 0 Å². The fraction of sp³-hybridized carbons (Fsp3) is 0.429. The molecule has 2 aromatic rings. The average Bonchev–Trinajstić information content (AvgIpc) is 2.96. The molecule has 0 radical (unpaired) electrons. The van der Waals surface area contributed by atoms with Gasteiger partial charge in [0.15, 0.2) is 11.5 Å². The molecule has 0 amide bonds. The van der Waals surface area contributed by atoms with Gasteiger partial charge in [-0.1, -0.05) is 49.2 Å². The summed E-state index contributed by atoms with van der Waals surface area (Å²) in [5.74, 6) is 0.127. The van der Waals surface area contributed by atoms with E-state index in [-0.39, 0.29) is 27.3 Å². The molecule has 1 saturated heterocycles. The molecule has 2 aromatic carbocycles. The third-order valence-corrected chi connectivity index (χ3v) is 5.39. The van der Waals surface area contributed by atoms with Gasteiger partial charge >= 0.3 is 0 Å². The molecule has 0 bridgehead atoms. The lowest BCUT2D eigenvalue weighted by Crippen LogP contribution is -2.25. The maximum Gasteiger partial charge on any atom is 0.163 e. The van der Waals surface area contributed by atoms with E-state index in [0.29, 0.717) is 13.2 Å². The van der Waals surface area contributed by atoms with Crippen molar-refractivity contribution >= 4 is 23.2 Å². The van der Waals surface area contributed by atoms with Gasteiger partial charge in [0, 0.05) is 5.41 Å². The summed E-state index contributed by atoms with van der Waals surface area (Å²) in [5, 5.41) is 10.3. The minimum atomic E-state index is -0.547. The normalized spacial score (nSPS) is 19.3.